The van der Waals surface area contributed by atoms with Crippen LogP contribution in [0, 0.1) is 6.92 Å². The van der Waals surface area contributed by atoms with Gasteiger partial charge in [-0.2, -0.15) is 0 Å². The maximum atomic E-state index is 10.6. The Labute approximate surface area is 94.3 Å². The Bertz CT molecular complexity index is 348. The lowest BCUT2D eigenvalue weighted by Gasteiger charge is -2.05. The Morgan fingerprint density at radius 3 is 2.20 bits per heavy atom. The molecule has 0 aliphatic carbocycles. The summed E-state index contributed by atoms with van der Waals surface area (Å²) >= 11 is 5.19. The fraction of sp³-hybridized carbons (Fsp3) is 0.364. The van der Waals surface area contributed by atoms with E-state index < -0.39 is 5.24 Å². The maximum Gasteiger partial charge on any atom is 0.226 e. The molecular formula is C11H15ClO3. The third kappa shape index (κ3) is 4.21. The molecule has 0 aromatic heterocycles. The van der Waals surface area contributed by atoms with Gasteiger partial charge in [0.25, 0.3) is 0 Å². The van der Waals surface area contributed by atoms with Crippen LogP contribution in [0.15, 0.2) is 12.1 Å². The highest BCUT2D eigenvalue weighted by Gasteiger charge is 2.07. The molecule has 15 heavy (non-hydrogen) atoms. The van der Waals surface area contributed by atoms with Crippen molar-refractivity contribution in [1.82, 2.24) is 0 Å². The molecular weight excluding hydrogens is 216 g/mol. The van der Waals surface area contributed by atoms with Gasteiger partial charge >= 0.3 is 0 Å². The van der Waals surface area contributed by atoms with Crippen molar-refractivity contribution in [1.29, 1.82) is 0 Å². The second-order valence-electron chi connectivity index (χ2n) is 2.80. The zero-order valence-corrected chi connectivity index (χ0v) is 9.80. The molecule has 0 saturated heterocycles. The molecule has 4 heteroatoms. The van der Waals surface area contributed by atoms with Crippen molar-refractivity contribution in [3.8, 4) is 11.5 Å². The van der Waals surface area contributed by atoms with E-state index in [4.69, 9.17) is 21.8 Å². The van der Waals surface area contributed by atoms with E-state index in [1.54, 1.807) is 6.92 Å². The molecule has 0 heterocycles. The third-order valence-corrected chi connectivity index (χ3v) is 1.90. The van der Waals surface area contributed by atoms with Gasteiger partial charge in [0, 0.05) is 6.42 Å². The molecule has 1 rings (SSSR count). The monoisotopic (exact) mass is 230 g/mol. The van der Waals surface area contributed by atoms with Gasteiger partial charge in [0.05, 0.1) is 0 Å². The lowest BCUT2D eigenvalue weighted by Crippen LogP contribution is -1.96. The first-order chi connectivity index (χ1) is 7.00. The highest BCUT2D eigenvalue weighted by Crippen LogP contribution is 2.28. The van der Waals surface area contributed by atoms with Gasteiger partial charge in [-0.3, -0.25) is 4.79 Å². The Kier molecular flexibility index (Phi) is 5.79. The number of benzene rings is 1. The number of rotatable bonds is 2. The van der Waals surface area contributed by atoms with Crippen molar-refractivity contribution in [2.75, 3.05) is 0 Å². The molecule has 0 spiro atoms. The van der Waals surface area contributed by atoms with Gasteiger partial charge in [-0.25, -0.2) is 0 Å². The molecule has 0 amide bonds. The van der Waals surface area contributed by atoms with Crippen LogP contribution in [0.1, 0.15) is 25.0 Å². The van der Waals surface area contributed by atoms with Crippen LogP contribution in [-0.4, -0.2) is 15.5 Å². The largest absolute Gasteiger partial charge is 0.504 e. The summed E-state index contributed by atoms with van der Waals surface area (Å²) in [6.45, 7) is 5.73. The van der Waals surface area contributed by atoms with E-state index >= 15 is 0 Å². The predicted octanol–water partition coefficient (Wildman–Crippen LogP) is 2.74. The minimum absolute atomic E-state index is 0.0568. The normalized spacial score (nSPS) is 9.07. The molecule has 0 unspecified atom stereocenters. The Hall–Kier alpha value is -1.22. The predicted molar refractivity (Wildman–Crippen MR) is 60.4 cm³/mol. The summed E-state index contributed by atoms with van der Waals surface area (Å²) in [6, 6.07) is 2.73. The van der Waals surface area contributed by atoms with Gasteiger partial charge in [-0.15, -0.1) is 0 Å². The van der Waals surface area contributed by atoms with Crippen LogP contribution < -0.4 is 0 Å². The number of carbonyl (C=O) groups excluding carboxylic acids is 1. The topological polar surface area (TPSA) is 57.5 Å². The van der Waals surface area contributed by atoms with Crippen LogP contribution in [0.3, 0.4) is 0 Å². The third-order valence-electron chi connectivity index (χ3n) is 1.76. The smallest absolute Gasteiger partial charge is 0.226 e. The number of phenols is 2. The van der Waals surface area contributed by atoms with Crippen molar-refractivity contribution >= 4 is 16.8 Å². The van der Waals surface area contributed by atoms with E-state index in [9.17, 15) is 4.79 Å². The van der Waals surface area contributed by atoms with Gasteiger partial charge in [0.2, 0.25) is 5.24 Å². The van der Waals surface area contributed by atoms with E-state index in [1.807, 2.05) is 13.8 Å². The van der Waals surface area contributed by atoms with Crippen LogP contribution >= 0.6 is 11.6 Å². The van der Waals surface area contributed by atoms with Gasteiger partial charge in [-0.05, 0) is 41.8 Å². The number of halogens is 1. The molecule has 1 aromatic carbocycles. The van der Waals surface area contributed by atoms with Gasteiger partial charge in [-0.1, -0.05) is 13.8 Å². The highest BCUT2D eigenvalue weighted by molar-refractivity contribution is 6.63. The van der Waals surface area contributed by atoms with Crippen molar-refractivity contribution in [3.05, 3.63) is 23.3 Å². The number of phenolic OH excluding ortho intramolecular Hbond substituents is 2. The van der Waals surface area contributed by atoms with Gasteiger partial charge < -0.3 is 10.2 Å². The lowest BCUT2D eigenvalue weighted by molar-refractivity contribution is -0.111. The second-order valence-corrected chi connectivity index (χ2v) is 3.22. The first-order valence-electron chi connectivity index (χ1n) is 4.70. The van der Waals surface area contributed by atoms with Crippen LogP contribution in [0.5, 0.6) is 11.5 Å². The molecule has 0 radical (unpaired) electrons. The maximum absolute atomic E-state index is 10.6. The Balaban J connectivity index is 0.000000921. The molecule has 0 bridgehead atoms. The number of aromatic hydroxyl groups is 2. The SMILES string of the molecule is CC.Cc1cc(O)c(O)cc1CC(=O)Cl. The molecule has 0 atom stereocenters. The lowest BCUT2D eigenvalue weighted by atomic mass is 10.1. The zero-order chi connectivity index (χ0) is 12.0. The minimum atomic E-state index is -0.492. The number of carbonyl (C=O) groups is 1. The van der Waals surface area contributed by atoms with Crippen molar-refractivity contribution in [3.63, 3.8) is 0 Å². The second kappa shape index (κ2) is 6.30. The standard InChI is InChI=1S/C9H9ClO3.C2H6/c1-5-2-7(11)8(12)3-6(5)4-9(10)13;1-2/h2-3,11-12H,4H2,1H3;1-2H3. The van der Waals surface area contributed by atoms with Crippen molar-refractivity contribution < 1.29 is 15.0 Å². The average Bonchev–Trinajstić information content (AvgIpc) is 2.17. The van der Waals surface area contributed by atoms with Crippen LogP contribution in [0.4, 0.5) is 0 Å². The quantitative estimate of drug-likeness (QED) is 0.607. The van der Waals surface area contributed by atoms with E-state index in [0.29, 0.717) is 5.56 Å². The summed E-state index contributed by atoms with van der Waals surface area (Å²) in [5, 5.41) is 17.7. The first kappa shape index (κ1) is 13.8. The van der Waals surface area contributed by atoms with Crippen LogP contribution in [-0.2, 0) is 11.2 Å². The Morgan fingerprint density at radius 2 is 1.73 bits per heavy atom. The fourth-order valence-corrected chi connectivity index (χ4v) is 1.21. The summed E-state index contributed by atoms with van der Waals surface area (Å²) < 4.78 is 0. The van der Waals surface area contributed by atoms with Crippen molar-refractivity contribution in [2.24, 2.45) is 0 Å². The average molecular weight is 231 g/mol. The first-order valence-corrected chi connectivity index (χ1v) is 5.08. The van der Waals surface area contributed by atoms with E-state index in [0.717, 1.165) is 5.56 Å². The van der Waals surface area contributed by atoms with Crippen LogP contribution in [0.2, 0.25) is 0 Å². The van der Waals surface area contributed by atoms with Gasteiger partial charge in [0.1, 0.15) is 0 Å². The number of aryl methyl sites for hydroxylation is 1. The van der Waals surface area contributed by atoms with E-state index in [-0.39, 0.29) is 17.9 Å². The minimum Gasteiger partial charge on any atom is -0.504 e. The van der Waals surface area contributed by atoms with Crippen molar-refractivity contribution in [2.45, 2.75) is 27.2 Å². The molecule has 3 nitrogen and oxygen atoms in total. The molecule has 2 N–H and O–H groups in total. The van der Waals surface area contributed by atoms with E-state index in [1.165, 1.54) is 12.1 Å². The van der Waals surface area contributed by atoms with Gasteiger partial charge in [0.15, 0.2) is 11.5 Å². The zero-order valence-electron chi connectivity index (χ0n) is 9.04. The summed E-state index contributed by atoms with van der Waals surface area (Å²) in [5.41, 5.74) is 1.35. The molecule has 0 saturated carbocycles. The summed E-state index contributed by atoms with van der Waals surface area (Å²) in [4.78, 5) is 10.6. The Morgan fingerprint density at radius 1 is 1.27 bits per heavy atom. The fourth-order valence-electron chi connectivity index (χ4n) is 1.06. The molecule has 0 fully saturated rings. The molecule has 1 aromatic rings. The number of hydrogen-bond acceptors (Lipinski definition) is 3. The molecule has 84 valence electrons. The summed E-state index contributed by atoms with van der Waals surface area (Å²) in [6.07, 6.45) is 0.0568. The molecule has 0 aliphatic heterocycles. The van der Waals surface area contributed by atoms with Crippen LogP contribution in [0.25, 0.3) is 0 Å². The highest BCUT2D eigenvalue weighted by atomic mass is 35.5. The summed E-state index contributed by atoms with van der Waals surface area (Å²) in [7, 11) is 0. The van der Waals surface area contributed by atoms with E-state index in [2.05, 4.69) is 0 Å². The number of hydrogen-bond donors (Lipinski definition) is 2. The summed E-state index contributed by atoms with van der Waals surface area (Å²) in [5.74, 6) is -0.429. The molecule has 0 aliphatic rings.